The van der Waals surface area contributed by atoms with E-state index in [1.54, 1.807) is 0 Å². The fourth-order valence-corrected chi connectivity index (χ4v) is 4.17. The third-order valence-electron chi connectivity index (χ3n) is 5.65. The topological polar surface area (TPSA) is 74.8 Å². The lowest BCUT2D eigenvalue weighted by molar-refractivity contribution is -0.143. The summed E-state index contributed by atoms with van der Waals surface area (Å²) in [6.07, 6.45) is 3.25. The van der Waals surface area contributed by atoms with Crippen LogP contribution < -0.4 is 5.32 Å². The largest absolute Gasteiger partial charge is 0.378 e. The maximum absolute atomic E-state index is 13.0. The first-order valence-corrected chi connectivity index (χ1v) is 9.51. The molecule has 0 aromatic carbocycles. The second-order valence-electron chi connectivity index (χ2n) is 7.34. The number of aromatic nitrogens is 1. The lowest BCUT2D eigenvalue weighted by Gasteiger charge is -2.37. The summed E-state index contributed by atoms with van der Waals surface area (Å²) in [4.78, 5) is 34.0. The number of hydrogen-bond donors (Lipinski definition) is 1. The molecule has 3 aliphatic rings. The van der Waals surface area contributed by atoms with Gasteiger partial charge in [0.2, 0.25) is 11.8 Å². The van der Waals surface area contributed by atoms with Crippen LogP contribution in [-0.2, 0) is 27.3 Å². The Balaban J connectivity index is 1.38. The molecule has 0 spiro atoms. The minimum Gasteiger partial charge on any atom is -0.378 e. The first-order chi connectivity index (χ1) is 12.7. The van der Waals surface area contributed by atoms with Gasteiger partial charge in [-0.05, 0) is 18.1 Å². The van der Waals surface area contributed by atoms with Gasteiger partial charge in [-0.15, -0.1) is 0 Å². The van der Waals surface area contributed by atoms with Crippen molar-refractivity contribution in [1.82, 2.24) is 20.1 Å². The molecule has 2 atom stereocenters. The van der Waals surface area contributed by atoms with Crippen LogP contribution in [0.3, 0.4) is 0 Å². The van der Waals surface area contributed by atoms with Gasteiger partial charge in [-0.1, -0.05) is 6.07 Å². The van der Waals surface area contributed by atoms with Gasteiger partial charge in [0.1, 0.15) is 0 Å². The van der Waals surface area contributed by atoms with Crippen LogP contribution in [0.1, 0.15) is 17.7 Å². The number of nitrogens with zero attached hydrogens (tertiary/aromatic N) is 3. The number of hydrogen-bond acceptors (Lipinski definition) is 5. The van der Waals surface area contributed by atoms with Crippen molar-refractivity contribution in [3.63, 3.8) is 0 Å². The van der Waals surface area contributed by atoms with Crippen molar-refractivity contribution >= 4 is 11.8 Å². The van der Waals surface area contributed by atoms with Crippen molar-refractivity contribution in [2.45, 2.75) is 19.4 Å². The van der Waals surface area contributed by atoms with Gasteiger partial charge in [-0.3, -0.25) is 14.6 Å². The molecule has 0 unspecified atom stereocenters. The molecule has 0 radical (unpaired) electrons. The van der Waals surface area contributed by atoms with Crippen molar-refractivity contribution in [3.8, 4) is 0 Å². The number of carbonyl (C=O) groups is 2. The minimum absolute atomic E-state index is 0.116. The van der Waals surface area contributed by atoms with Crippen LogP contribution in [0, 0.1) is 11.8 Å². The number of amides is 2. The molecule has 2 amide bonds. The summed E-state index contributed by atoms with van der Waals surface area (Å²) in [6, 6.07) is 3.97. The number of piperidine rings is 1. The molecule has 7 nitrogen and oxygen atoms in total. The van der Waals surface area contributed by atoms with E-state index in [1.807, 2.05) is 28.1 Å². The molecule has 2 saturated heterocycles. The van der Waals surface area contributed by atoms with E-state index >= 15 is 0 Å². The number of nitrogens with one attached hydrogen (secondary N) is 1. The zero-order valence-electron chi connectivity index (χ0n) is 15.0. The molecule has 1 aromatic rings. The molecule has 140 valence electrons. The lowest BCUT2D eigenvalue weighted by Crippen LogP contribution is -2.52. The standard InChI is InChI=1S/C19H26N4O3/c24-18(22-6-8-26-9-7-22)15-10-16(12-20-11-15)19(25)23-5-3-17-14(13-23)2-1-4-21-17/h1-2,4,15-16,20H,3,5-13H2/t15-,16-/m1/s1. The van der Waals surface area contributed by atoms with E-state index in [4.69, 9.17) is 4.74 Å². The SMILES string of the molecule is O=C([C@H]1CNC[C@H](C(=O)N2CCc3ncccc3C2)C1)N1CCOCC1. The Bertz CT molecular complexity index is 675. The highest BCUT2D eigenvalue weighted by atomic mass is 16.5. The molecule has 4 heterocycles. The van der Waals surface area contributed by atoms with Crippen LogP contribution in [0.2, 0.25) is 0 Å². The van der Waals surface area contributed by atoms with Gasteiger partial charge >= 0.3 is 0 Å². The number of carbonyl (C=O) groups excluding carboxylic acids is 2. The Morgan fingerprint density at radius 2 is 1.81 bits per heavy atom. The fraction of sp³-hybridized carbons (Fsp3) is 0.632. The third-order valence-corrected chi connectivity index (χ3v) is 5.65. The number of rotatable bonds is 2. The molecule has 2 fully saturated rings. The molecule has 0 aliphatic carbocycles. The van der Waals surface area contributed by atoms with Crippen molar-refractivity contribution < 1.29 is 14.3 Å². The molecular formula is C19H26N4O3. The van der Waals surface area contributed by atoms with E-state index in [1.165, 1.54) is 0 Å². The van der Waals surface area contributed by atoms with Gasteiger partial charge in [0, 0.05) is 57.6 Å². The van der Waals surface area contributed by atoms with E-state index in [0.717, 1.165) is 17.7 Å². The Kier molecular flexibility index (Phi) is 5.17. The van der Waals surface area contributed by atoms with Gasteiger partial charge in [0.15, 0.2) is 0 Å². The fourth-order valence-electron chi connectivity index (χ4n) is 4.17. The summed E-state index contributed by atoms with van der Waals surface area (Å²) < 4.78 is 5.33. The number of morpholine rings is 1. The lowest BCUT2D eigenvalue weighted by atomic mass is 9.88. The zero-order chi connectivity index (χ0) is 17.9. The van der Waals surface area contributed by atoms with Crippen LogP contribution in [0.15, 0.2) is 18.3 Å². The highest BCUT2D eigenvalue weighted by molar-refractivity contribution is 5.83. The van der Waals surface area contributed by atoms with Gasteiger partial charge in [-0.2, -0.15) is 0 Å². The Morgan fingerprint density at radius 3 is 2.58 bits per heavy atom. The van der Waals surface area contributed by atoms with Crippen LogP contribution in [0.5, 0.6) is 0 Å². The molecule has 4 rings (SSSR count). The Morgan fingerprint density at radius 1 is 1.08 bits per heavy atom. The molecule has 7 heteroatoms. The third kappa shape index (κ3) is 3.59. The monoisotopic (exact) mass is 358 g/mol. The second-order valence-corrected chi connectivity index (χ2v) is 7.34. The van der Waals surface area contributed by atoms with Crippen LogP contribution in [-0.4, -0.2) is 72.5 Å². The molecule has 3 aliphatic heterocycles. The summed E-state index contributed by atoms with van der Waals surface area (Å²) in [5, 5.41) is 3.31. The normalized spacial score (nSPS) is 26.3. The quantitative estimate of drug-likeness (QED) is 0.809. The second kappa shape index (κ2) is 7.72. The Hall–Kier alpha value is -1.99. The van der Waals surface area contributed by atoms with Crippen molar-refractivity contribution in [3.05, 3.63) is 29.6 Å². The van der Waals surface area contributed by atoms with Gasteiger partial charge < -0.3 is 19.9 Å². The predicted molar refractivity (Wildman–Crippen MR) is 95.2 cm³/mol. The van der Waals surface area contributed by atoms with E-state index in [-0.39, 0.29) is 23.7 Å². The van der Waals surface area contributed by atoms with E-state index in [9.17, 15) is 9.59 Å². The maximum atomic E-state index is 13.0. The molecule has 0 bridgehead atoms. The summed E-state index contributed by atoms with van der Waals surface area (Å²) >= 11 is 0. The summed E-state index contributed by atoms with van der Waals surface area (Å²) in [5.41, 5.74) is 2.23. The number of pyridine rings is 1. The van der Waals surface area contributed by atoms with Crippen molar-refractivity contribution in [1.29, 1.82) is 0 Å². The van der Waals surface area contributed by atoms with E-state index in [0.29, 0.717) is 58.9 Å². The van der Waals surface area contributed by atoms with Crippen molar-refractivity contribution in [2.75, 3.05) is 45.9 Å². The maximum Gasteiger partial charge on any atom is 0.227 e. The summed E-state index contributed by atoms with van der Waals surface area (Å²) in [5.74, 6) is 0.0736. The molecule has 26 heavy (non-hydrogen) atoms. The highest BCUT2D eigenvalue weighted by Gasteiger charge is 2.36. The highest BCUT2D eigenvalue weighted by Crippen LogP contribution is 2.24. The average Bonchev–Trinajstić information content (AvgIpc) is 2.73. The smallest absolute Gasteiger partial charge is 0.227 e. The van der Waals surface area contributed by atoms with Crippen LogP contribution in [0.25, 0.3) is 0 Å². The Labute approximate surface area is 153 Å². The van der Waals surface area contributed by atoms with Crippen LogP contribution >= 0.6 is 0 Å². The first kappa shape index (κ1) is 17.4. The molecular weight excluding hydrogens is 332 g/mol. The number of ether oxygens (including phenoxy) is 1. The number of fused-ring (bicyclic) bond motifs is 1. The van der Waals surface area contributed by atoms with E-state index < -0.39 is 0 Å². The predicted octanol–water partition coefficient (Wildman–Crippen LogP) is 0.0508. The molecule has 1 N–H and O–H groups in total. The minimum atomic E-state index is -0.128. The van der Waals surface area contributed by atoms with Gasteiger partial charge in [0.05, 0.1) is 25.0 Å². The van der Waals surface area contributed by atoms with Gasteiger partial charge in [-0.25, -0.2) is 0 Å². The van der Waals surface area contributed by atoms with Crippen LogP contribution in [0.4, 0.5) is 0 Å². The van der Waals surface area contributed by atoms with E-state index in [2.05, 4.69) is 10.3 Å². The first-order valence-electron chi connectivity index (χ1n) is 9.51. The molecule has 1 aromatic heterocycles. The summed E-state index contributed by atoms with van der Waals surface area (Å²) in [7, 11) is 0. The average molecular weight is 358 g/mol. The van der Waals surface area contributed by atoms with Crippen molar-refractivity contribution in [2.24, 2.45) is 11.8 Å². The summed E-state index contributed by atoms with van der Waals surface area (Å²) in [6.45, 7) is 5.18. The zero-order valence-corrected chi connectivity index (χ0v) is 15.0. The van der Waals surface area contributed by atoms with Gasteiger partial charge in [0.25, 0.3) is 0 Å². The molecule has 0 saturated carbocycles.